The van der Waals surface area contributed by atoms with Crippen LogP contribution in [0, 0.1) is 0 Å². The van der Waals surface area contributed by atoms with Crippen molar-refractivity contribution >= 4 is 23.4 Å². The van der Waals surface area contributed by atoms with Crippen LogP contribution in [0.2, 0.25) is 5.02 Å². The lowest BCUT2D eigenvalue weighted by Gasteiger charge is -2.18. The van der Waals surface area contributed by atoms with Gasteiger partial charge in [0.05, 0.1) is 10.6 Å². The van der Waals surface area contributed by atoms with Gasteiger partial charge in [-0.2, -0.15) is 13.2 Å². The lowest BCUT2D eigenvalue weighted by molar-refractivity contribution is -0.138. The summed E-state index contributed by atoms with van der Waals surface area (Å²) in [7, 11) is 0. The van der Waals surface area contributed by atoms with E-state index < -0.39 is 17.8 Å². The average Bonchev–Trinajstić information content (AvgIpc) is 2.45. The molecule has 1 aromatic carbocycles. The Bertz CT molecular complexity index is 619. The molecule has 0 bridgehead atoms. The highest BCUT2D eigenvalue weighted by atomic mass is 35.5. The van der Waals surface area contributed by atoms with Crippen molar-refractivity contribution in [2.75, 3.05) is 5.75 Å². The second-order valence-corrected chi connectivity index (χ2v) is 5.71. The quantitative estimate of drug-likeness (QED) is 0.835. The summed E-state index contributed by atoms with van der Waals surface area (Å²) >= 11 is 7.19. The van der Waals surface area contributed by atoms with Crippen LogP contribution in [0.3, 0.4) is 0 Å². The molecule has 1 atom stereocenters. The first-order valence-electron chi connectivity index (χ1n) is 6.04. The zero-order valence-corrected chi connectivity index (χ0v) is 12.3. The second-order valence-electron chi connectivity index (χ2n) is 4.29. The number of thioether (sulfide) groups is 1. The van der Waals surface area contributed by atoms with E-state index in [1.165, 1.54) is 23.9 Å². The van der Waals surface area contributed by atoms with E-state index in [9.17, 15) is 13.2 Å². The number of aromatic nitrogens is 1. The zero-order valence-electron chi connectivity index (χ0n) is 10.8. The molecule has 1 heterocycles. The van der Waals surface area contributed by atoms with Gasteiger partial charge in [-0.05, 0) is 23.8 Å². The highest BCUT2D eigenvalue weighted by Gasteiger charge is 2.34. The van der Waals surface area contributed by atoms with Crippen LogP contribution in [0.1, 0.15) is 17.2 Å². The lowest BCUT2D eigenvalue weighted by atomic mass is 10.0. The summed E-state index contributed by atoms with van der Waals surface area (Å²) in [6.07, 6.45) is -2.84. The number of hydrogen-bond acceptors (Lipinski definition) is 3. The maximum Gasteiger partial charge on any atom is 0.416 e. The number of nitrogens with zero attached hydrogens (tertiary/aromatic N) is 1. The molecule has 0 radical (unpaired) electrons. The number of pyridine rings is 1. The number of nitrogens with two attached hydrogens (primary N) is 1. The van der Waals surface area contributed by atoms with Gasteiger partial charge >= 0.3 is 6.18 Å². The number of alkyl halides is 3. The fourth-order valence-electron chi connectivity index (χ4n) is 1.81. The predicted molar refractivity (Wildman–Crippen MR) is 78.3 cm³/mol. The first kappa shape index (κ1) is 16.1. The van der Waals surface area contributed by atoms with Gasteiger partial charge in [0.1, 0.15) is 5.03 Å². The molecule has 0 amide bonds. The molecule has 2 nitrogen and oxygen atoms in total. The molecule has 0 fully saturated rings. The Balaban J connectivity index is 2.15. The molecule has 0 saturated carbocycles. The highest BCUT2D eigenvalue weighted by molar-refractivity contribution is 7.99. The fraction of sp³-hybridized carbons (Fsp3) is 0.214. The lowest BCUT2D eigenvalue weighted by Crippen LogP contribution is -2.19. The second kappa shape index (κ2) is 6.68. The Labute approximate surface area is 129 Å². The van der Waals surface area contributed by atoms with Gasteiger partial charge in [0.15, 0.2) is 0 Å². The third kappa shape index (κ3) is 4.12. The maximum atomic E-state index is 12.9. The molecule has 112 valence electrons. The molecule has 21 heavy (non-hydrogen) atoms. The van der Waals surface area contributed by atoms with Crippen molar-refractivity contribution in [3.8, 4) is 0 Å². The van der Waals surface area contributed by atoms with Crippen molar-refractivity contribution in [1.82, 2.24) is 4.98 Å². The van der Waals surface area contributed by atoms with Crippen LogP contribution in [0.25, 0.3) is 0 Å². The molecular formula is C14H12ClF3N2S. The van der Waals surface area contributed by atoms with Gasteiger partial charge in [0.2, 0.25) is 0 Å². The topological polar surface area (TPSA) is 38.9 Å². The van der Waals surface area contributed by atoms with Gasteiger partial charge in [-0.3, -0.25) is 0 Å². The predicted octanol–water partition coefficient (Wildman–Crippen LogP) is 4.55. The van der Waals surface area contributed by atoms with Crippen molar-refractivity contribution in [2.24, 2.45) is 5.73 Å². The minimum atomic E-state index is -4.42. The summed E-state index contributed by atoms with van der Waals surface area (Å²) in [6.45, 7) is 0. The number of hydrogen-bond donors (Lipinski definition) is 1. The van der Waals surface area contributed by atoms with E-state index in [2.05, 4.69) is 4.98 Å². The smallest absolute Gasteiger partial charge is 0.323 e. The SMILES string of the molecule is NC(CSc1ncccc1Cl)c1ccccc1C(F)(F)F. The number of benzene rings is 1. The highest BCUT2D eigenvalue weighted by Crippen LogP contribution is 2.35. The van der Waals surface area contributed by atoms with E-state index in [0.717, 1.165) is 6.07 Å². The summed E-state index contributed by atoms with van der Waals surface area (Å²) in [5.41, 5.74) is 5.27. The van der Waals surface area contributed by atoms with Crippen molar-refractivity contribution < 1.29 is 13.2 Å². The van der Waals surface area contributed by atoms with Crippen molar-refractivity contribution in [2.45, 2.75) is 17.2 Å². The largest absolute Gasteiger partial charge is 0.416 e. The van der Waals surface area contributed by atoms with Crippen molar-refractivity contribution in [3.05, 3.63) is 58.7 Å². The average molecular weight is 333 g/mol. The van der Waals surface area contributed by atoms with E-state index >= 15 is 0 Å². The van der Waals surface area contributed by atoms with E-state index in [1.54, 1.807) is 24.4 Å². The van der Waals surface area contributed by atoms with E-state index in [-0.39, 0.29) is 11.3 Å². The molecule has 2 N–H and O–H groups in total. The van der Waals surface area contributed by atoms with Gasteiger partial charge in [-0.25, -0.2) is 4.98 Å². The number of rotatable bonds is 4. The van der Waals surface area contributed by atoms with Gasteiger partial charge in [0, 0.05) is 18.0 Å². The third-order valence-corrected chi connectivity index (χ3v) is 4.33. The van der Waals surface area contributed by atoms with Gasteiger partial charge in [-0.15, -0.1) is 11.8 Å². The summed E-state index contributed by atoms with van der Waals surface area (Å²) in [6, 6.07) is 7.93. The van der Waals surface area contributed by atoms with Crippen LogP contribution in [0.5, 0.6) is 0 Å². The van der Waals surface area contributed by atoms with E-state index in [4.69, 9.17) is 17.3 Å². The summed E-state index contributed by atoms with van der Waals surface area (Å²) in [5.74, 6) is 0.254. The Morgan fingerprint density at radius 1 is 1.19 bits per heavy atom. The molecule has 1 unspecified atom stereocenters. The van der Waals surface area contributed by atoms with Crippen molar-refractivity contribution in [1.29, 1.82) is 0 Å². The molecule has 0 aliphatic carbocycles. The van der Waals surface area contributed by atoms with Crippen LogP contribution >= 0.6 is 23.4 Å². The zero-order chi connectivity index (χ0) is 15.5. The molecule has 0 saturated heterocycles. The maximum absolute atomic E-state index is 12.9. The Morgan fingerprint density at radius 3 is 2.57 bits per heavy atom. The Morgan fingerprint density at radius 2 is 1.90 bits per heavy atom. The molecule has 7 heteroatoms. The molecular weight excluding hydrogens is 321 g/mol. The van der Waals surface area contributed by atoms with Crippen LogP contribution in [-0.2, 0) is 6.18 Å². The Kier molecular flexibility index (Phi) is 5.13. The normalized spacial score (nSPS) is 13.2. The van der Waals surface area contributed by atoms with Crippen LogP contribution in [0.15, 0.2) is 47.6 Å². The third-order valence-electron chi connectivity index (χ3n) is 2.79. The summed E-state index contributed by atoms with van der Waals surface area (Å²) in [4.78, 5) is 4.07. The molecule has 0 aliphatic rings. The van der Waals surface area contributed by atoms with Crippen LogP contribution in [0.4, 0.5) is 13.2 Å². The Hall–Kier alpha value is -1.24. The van der Waals surface area contributed by atoms with Crippen molar-refractivity contribution in [3.63, 3.8) is 0 Å². The number of halogens is 4. The fourth-order valence-corrected chi connectivity index (χ4v) is 2.96. The standard InChI is InChI=1S/C14H12ClF3N2S/c15-11-6-3-7-20-13(11)21-8-12(19)9-4-1-2-5-10(9)14(16,17)18/h1-7,12H,8,19H2. The first-order chi connectivity index (χ1) is 9.89. The minimum absolute atomic E-state index is 0.0737. The first-order valence-corrected chi connectivity index (χ1v) is 7.41. The molecule has 2 aromatic rings. The van der Waals surface area contributed by atoms with Crippen LogP contribution < -0.4 is 5.73 Å². The van der Waals surface area contributed by atoms with E-state index in [0.29, 0.717) is 10.0 Å². The minimum Gasteiger partial charge on any atom is -0.323 e. The van der Waals surface area contributed by atoms with Gasteiger partial charge in [-0.1, -0.05) is 29.8 Å². The molecule has 0 aliphatic heterocycles. The molecule has 1 aromatic heterocycles. The molecule has 0 spiro atoms. The monoisotopic (exact) mass is 332 g/mol. The summed E-state index contributed by atoms with van der Waals surface area (Å²) in [5, 5.41) is 1.01. The van der Waals surface area contributed by atoms with E-state index in [1.807, 2.05) is 0 Å². The van der Waals surface area contributed by atoms with Gasteiger partial charge in [0.25, 0.3) is 0 Å². The molecule has 2 rings (SSSR count). The summed E-state index contributed by atoms with van der Waals surface area (Å²) < 4.78 is 38.8. The van der Waals surface area contributed by atoms with Gasteiger partial charge < -0.3 is 5.73 Å². The van der Waals surface area contributed by atoms with Crippen LogP contribution in [-0.4, -0.2) is 10.7 Å².